The van der Waals surface area contributed by atoms with Gasteiger partial charge in [-0.25, -0.2) is 18.4 Å². The molecule has 0 aliphatic rings. The number of hydrogen-bond acceptors (Lipinski definition) is 5. The van der Waals surface area contributed by atoms with E-state index in [0.29, 0.717) is 18.4 Å². The van der Waals surface area contributed by atoms with Crippen LogP contribution in [0.4, 0.5) is 5.82 Å². The highest BCUT2D eigenvalue weighted by Gasteiger charge is 2.08. The van der Waals surface area contributed by atoms with Crippen LogP contribution in [0.1, 0.15) is 25.5 Å². The Hall–Kier alpha value is -2.41. The monoisotopic (exact) mass is 344 g/mol. The fraction of sp³-hybridized carbons (Fsp3) is 0.294. The van der Waals surface area contributed by atoms with Gasteiger partial charge in [0.15, 0.2) is 9.84 Å². The lowest BCUT2D eigenvalue weighted by molar-refractivity contribution is 0.601. The summed E-state index contributed by atoms with van der Waals surface area (Å²) in [5.41, 5.74) is 3.19. The Balaban J connectivity index is 1.77. The molecule has 126 valence electrons. The molecular formula is C17H20N4O2S. The third kappa shape index (κ3) is 3.41. The minimum Gasteiger partial charge on any atom is -0.366 e. The summed E-state index contributed by atoms with van der Waals surface area (Å²) < 4.78 is 25.0. The molecule has 0 unspecified atom stereocenters. The predicted molar refractivity (Wildman–Crippen MR) is 94.8 cm³/mol. The first-order valence-corrected chi connectivity index (χ1v) is 9.59. The van der Waals surface area contributed by atoms with Gasteiger partial charge in [-0.15, -0.1) is 0 Å². The lowest BCUT2D eigenvalue weighted by Crippen LogP contribution is -2.04. The third-order valence-electron chi connectivity index (χ3n) is 3.83. The van der Waals surface area contributed by atoms with Crippen molar-refractivity contribution in [1.29, 1.82) is 0 Å². The van der Waals surface area contributed by atoms with E-state index in [0.717, 1.165) is 16.6 Å². The molecule has 0 aliphatic heterocycles. The SMILES string of the molecule is CC(C)n1cnc2ccc(CNc3ccc(S(C)(=O)=O)cn3)cc21. The normalized spacial score (nSPS) is 12.0. The number of sulfone groups is 1. The molecule has 7 heteroatoms. The van der Waals surface area contributed by atoms with Crippen molar-refractivity contribution < 1.29 is 8.42 Å². The quantitative estimate of drug-likeness (QED) is 0.770. The second kappa shape index (κ2) is 6.24. The lowest BCUT2D eigenvalue weighted by atomic mass is 10.2. The molecule has 0 atom stereocenters. The molecule has 0 amide bonds. The summed E-state index contributed by atoms with van der Waals surface area (Å²) in [4.78, 5) is 8.77. The number of nitrogens with zero attached hydrogens (tertiary/aromatic N) is 3. The van der Waals surface area contributed by atoms with Crippen molar-refractivity contribution in [3.8, 4) is 0 Å². The van der Waals surface area contributed by atoms with E-state index in [2.05, 4.69) is 39.8 Å². The van der Waals surface area contributed by atoms with E-state index >= 15 is 0 Å². The lowest BCUT2D eigenvalue weighted by Gasteiger charge is -2.10. The first kappa shape index (κ1) is 16.4. The maximum atomic E-state index is 11.4. The van der Waals surface area contributed by atoms with Gasteiger partial charge in [-0.2, -0.15) is 0 Å². The summed E-state index contributed by atoms with van der Waals surface area (Å²) in [5, 5.41) is 3.21. The summed E-state index contributed by atoms with van der Waals surface area (Å²) in [6.07, 6.45) is 4.40. The van der Waals surface area contributed by atoms with Gasteiger partial charge in [0.25, 0.3) is 0 Å². The van der Waals surface area contributed by atoms with E-state index in [1.165, 1.54) is 12.5 Å². The number of nitrogens with one attached hydrogen (secondary N) is 1. The van der Waals surface area contributed by atoms with E-state index in [-0.39, 0.29) is 4.90 Å². The van der Waals surface area contributed by atoms with E-state index in [9.17, 15) is 8.42 Å². The molecule has 0 spiro atoms. The zero-order valence-corrected chi connectivity index (χ0v) is 14.7. The van der Waals surface area contributed by atoms with Crippen molar-refractivity contribution in [2.24, 2.45) is 0 Å². The van der Waals surface area contributed by atoms with E-state index in [1.54, 1.807) is 12.1 Å². The molecule has 2 aromatic heterocycles. The first-order valence-electron chi connectivity index (χ1n) is 7.70. The molecule has 0 bridgehead atoms. The van der Waals surface area contributed by atoms with Crippen molar-refractivity contribution in [2.75, 3.05) is 11.6 Å². The van der Waals surface area contributed by atoms with Gasteiger partial charge < -0.3 is 9.88 Å². The Morgan fingerprint density at radius 1 is 1.17 bits per heavy atom. The minimum absolute atomic E-state index is 0.218. The van der Waals surface area contributed by atoms with Gasteiger partial charge >= 0.3 is 0 Å². The number of pyridine rings is 1. The average Bonchev–Trinajstić information content (AvgIpc) is 2.96. The second-order valence-electron chi connectivity index (χ2n) is 6.07. The molecular weight excluding hydrogens is 324 g/mol. The molecule has 1 N–H and O–H groups in total. The maximum absolute atomic E-state index is 11.4. The molecule has 0 saturated heterocycles. The van der Waals surface area contributed by atoms with Gasteiger partial charge in [-0.1, -0.05) is 6.07 Å². The van der Waals surface area contributed by atoms with Crippen molar-refractivity contribution in [3.63, 3.8) is 0 Å². The van der Waals surface area contributed by atoms with Gasteiger partial charge in [0, 0.05) is 25.0 Å². The van der Waals surface area contributed by atoms with Crippen LogP contribution in [-0.2, 0) is 16.4 Å². The molecule has 0 fully saturated rings. The van der Waals surface area contributed by atoms with E-state index < -0.39 is 9.84 Å². The smallest absolute Gasteiger partial charge is 0.177 e. The van der Waals surface area contributed by atoms with Gasteiger partial charge in [-0.05, 0) is 43.7 Å². The summed E-state index contributed by atoms with van der Waals surface area (Å²) >= 11 is 0. The molecule has 2 heterocycles. The highest BCUT2D eigenvalue weighted by atomic mass is 32.2. The fourth-order valence-electron chi connectivity index (χ4n) is 2.49. The van der Waals surface area contributed by atoms with Crippen LogP contribution in [0.2, 0.25) is 0 Å². The Morgan fingerprint density at radius 3 is 2.58 bits per heavy atom. The van der Waals surface area contributed by atoms with Crippen molar-refractivity contribution >= 4 is 26.7 Å². The number of benzene rings is 1. The van der Waals surface area contributed by atoms with Gasteiger partial charge in [-0.3, -0.25) is 0 Å². The summed E-state index contributed by atoms with van der Waals surface area (Å²) in [5.74, 6) is 0.639. The van der Waals surface area contributed by atoms with Crippen LogP contribution in [0.5, 0.6) is 0 Å². The van der Waals surface area contributed by atoms with Crippen LogP contribution in [-0.4, -0.2) is 29.2 Å². The number of imidazole rings is 1. The Morgan fingerprint density at radius 2 is 1.96 bits per heavy atom. The number of anilines is 1. The second-order valence-corrected chi connectivity index (χ2v) is 8.09. The van der Waals surface area contributed by atoms with Crippen LogP contribution < -0.4 is 5.32 Å². The van der Waals surface area contributed by atoms with Crippen LogP contribution in [0.25, 0.3) is 11.0 Å². The van der Waals surface area contributed by atoms with Crippen LogP contribution in [0.3, 0.4) is 0 Å². The number of hydrogen-bond donors (Lipinski definition) is 1. The molecule has 0 radical (unpaired) electrons. The molecule has 6 nitrogen and oxygen atoms in total. The van der Waals surface area contributed by atoms with E-state index in [4.69, 9.17) is 0 Å². The molecule has 24 heavy (non-hydrogen) atoms. The molecule has 3 aromatic rings. The topological polar surface area (TPSA) is 76.9 Å². The average molecular weight is 344 g/mol. The zero-order chi connectivity index (χ0) is 17.3. The number of rotatable bonds is 5. The Kier molecular flexibility index (Phi) is 4.28. The molecule has 0 aliphatic carbocycles. The van der Waals surface area contributed by atoms with Gasteiger partial charge in [0.1, 0.15) is 5.82 Å². The first-order chi connectivity index (χ1) is 11.3. The highest BCUT2D eigenvalue weighted by Crippen LogP contribution is 2.19. The largest absolute Gasteiger partial charge is 0.366 e. The van der Waals surface area contributed by atoms with Crippen LogP contribution >= 0.6 is 0 Å². The van der Waals surface area contributed by atoms with Crippen LogP contribution in [0.15, 0.2) is 47.8 Å². The van der Waals surface area contributed by atoms with E-state index in [1.807, 2.05) is 18.5 Å². The molecule has 3 rings (SSSR count). The summed E-state index contributed by atoms with van der Waals surface area (Å²) in [6.45, 7) is 4.85. The minimum atomic E-state index is -3.22. The Labute approximate surface area is 141 Å². The van der Waals surface area contributed by atoms with Crippen molar-refractivity contribution in [2.45, 2.75) is 31.3 Å². The highest BCUT2D eigenvalue weighted by molar-refractivity contribution is 7.90. The Bertz CT molecular complexity index is 960. The predicted octanol–water partition coefficient (Wildman–Crippen LogP) is 3.03. The summed E-state index contributed by atoms with van der Waals surface area (Å²) in [6, 6.07) is 9.72. The third-order valence-corrected chi connectivity index (χ3v) is 4.93. The van der Waals surface area contributed by atoms with Crippen LogP contribution in [0, 0.1) is 0 Å². The molecule has 0 saturated carbocycles. The number of fused-ring (bicyclic) bond motifs is 1. The zero-order valence-electron chi connectivity index (χ0n) is 13.9. The van der Waals surface area contributed by atoms with Crippen molar-refractivity contribution in [1.82, 2.24) is 14.5 Å². The molecule has 1 aromatic carbocycles. The van der Waals surface area contributed by atoms with Gasteiger partial charge in [0.05, 0.1) is 22.3 Å². The maximum Gasteiger partial charge on any atom is 0.177 e. The number of aromatic nitrogens is 3. The summed E-state index contributed by atoms with van der Waals surface area (Å²) in [7, 11) is -3.22. The van der Waals surface area contributed by atoms with Crippen molar-refractivity contribution in [3.05, 3.63) is 48.4 Å². The van der Waals surface area contributed by atoms with Gasteiger partial charge in [0.2, 0.25) is 0 Å². The fourth-order valence-corrected chi connectivity index (χ4v) is 3.05. The standard InChI is InChI=1S/C17H20N4O2S/c1-12(2)21-11-20-15-6-4-13(8-16(15)21)9-18-17-7-5-14(10-19-17)24(3,22)23/h4-8,10-12H,9H2,1-3H3,(H,18,19).